The Labute approximate surface area is 171 Å². The number of hydrogen-bond donors (Lipinski definition) is 0. The molecular weight excluding hydrogens is 390 g/mol. The van der Waals surface area contributed by atoms with Crippen molar-refractivity contribution in [3.63, 3.8) is 0 Å². The Bertz CT molecular complexity index is 1030. The van der Waals surface area contributed by atoms with Crippen LogP contribution in [0.25, 0.3) is 0 Å². The summed E-state index contributed by atoms with van der Waals surface area (Å²) in [5.41, 5.74) is 3.31. The highest BCUT2D eigenvalue weighted by atomic mass is 32.2. The molecular formula is C22H25NO5S. The third kappa shape index (κ3) is 4.67. The number of Topliss-reactive ketones (excluding diaryl/α,β-unsaturated/α-hetero) is 1. The van der Waals surface area contributed by atoms with Crippen LogP contribution in [0.15, 0.2) is 42.5 Å². The average Bonchev–Trinajstić information content (AvgIpc) is 2.71. The SMILES string of the molecule is CCc1ccc(C(=O)[C@H](C)OC(=O)c2ccc3c(c2)CCCN3S(C)(=O)=O)cc1. The number of aryl methyl sites for hydroxylation is 2. The van der Waals surface area contributed by atoms with Crippen molar-refractivity contribution in [3.8, 4) is 0 Å². The quantitative estimate of drug-likeness (QED) is 0.534. The molecule has 154 valence electrons. The molecule has 0 bridgehead atoms. The molecule has 1 heterocycles. The number of carbonyl (C=O) groups excluding carboxylic acids is 2. The molecule has 3 rings (SSSR count). The second-order valence-corrected chi connectivity index (χ2v) is 9.15. The first-order valence-corrected chi connectivity index (χ1v) is 11.5. The van der Waals surface area contributed by atoms with Crippen molar-refractivity contribution < 1.29 is 22.7 Å². The van der Waals surface area contributed by atoms with Crippen LogP contribution in [0.1, 0.15) is 52.1 Å². The third-order valence-corrected chi connectivity index (χ3v) is 6.27. The lowest BCUT2D eigenvalue weighted by atomic mass is 10.0. The number of nitrogens with zero attached hydrogens (tertiary/aromatic N) is 1. The molecule has 1 atom stereocenters. The van der Waals surface area contributed by atoms with E-state index in [-0.39, 0.29) is 5.78 Å². The van der Waals surface area contributed by atoms with Crippen molar-refractivity contribution in [1.29, 1.82) is 0 Å². The minimum Gasteiger partial charge on any atom is -0.451 e. The zero-order valence-electron chi connectivity index (χ0n) is 16.8. The first-order valence-electron chi connectivity index (χ1n) is 9.65. The van der Waals surface area contributed by atoms with Crippen LogP contribution in [0.2, 0.25) is 0 Å². The van der Waals surface area contributed by atoms with Gasteiger partial charge in [-0.3, -0.25) is 9.10 Å². The maximum atomic E-state index is 12.5. The van der Waals surface area contributed by atoms with E-state index in [1.807, 2.05) is 19.1 Å². The van der Waals surface area contributed by atoms with Crippen LogP contribution < -0.4 is 4.31 Å². The second kappa shape index (κ2) is 8.37. The zero-order chi connectivity index (χ0) is 21.2. The molecule has 0 radical (unpaired) electrons. The number of ether oxygens (including phenoxy) is 1. The van der Waals surface area contributed by atoms with Crippen molar-refractivity contribution in [2.75, 3.05) is 17.1 Å². The molecule has 0 amide bonds. The Hall–Kier alpha value is -2.67. The van der Waals surface area contributed by atoms with Gasteiger partial charge in [0.2, 0.25) is 15.8 Å². The molecule has 1 aliphatic heterocycles. The fourth-order valence-corrected chi connectivity index (χ4v) is 4.45. The Morgan fingerprint density at radius 2 is 1.76 bits per heavy atom. The highest BCUT2D eigenvalue weighted by molar-refractivity contribution is 7.92. The predicted molar refractivity (Wildman–Crippen MR) is 112 cm³/mol. The first kappa shape index (κ1) is 21.0. The number of fused-ring (bicyclic) bond motifs is 1. The van der Waals surface area contributed by atoms with Gasteiger partial charge in [0.25, 0.3) is 0 Å². The van der Waals surface area contributed by atoms with Gasteiger partial charge < -0.3 is 4.74 Å². The number of ketones is 1. The number of carbonyl (C=O) groups is 2. The standard InChI is InChI=1S/C22H25NO5S/c1-4-16-7-9-17(10-8-16)21(24)15(2)28-22(25)19-11-12-20-18(14-19)6-5-13-23(20)29(3,26)27/h7-12,14-15H,4-6,13H2,1-3H3/t15-/m0/s1. The fourth-order valence-electron chi connectivity index (χ4n) is 3.46. The summed E-state index contributed by atoms with van der Waals surface area (Å²) in [7, 11) is -3.37. The Balaban J connectivity index is 1.74. The summed E-state index contributed by atoms with van der Waals surface area (Å²) in [5, 5.41) is 0. The van der Waals surface area contributed by atoms with Crippen LogP contribution in [0.3, 0.4) is 0 Å². The number of hydrogen-bond acceptors (Lipinski definition) is 5. The van der Waals surface area contributed by atoms with E-state index in [1.165, 1.54) is 16.6 Å². The van der Waals surface area contributed by atoms with Gasteiger partial charge in [0.1, 0.15) is 0 Å². The lowest BCUT2D eigenvalue weighted by Gasteiger charge is -2.29. The van der Waals surface area contributed by atoms with Crippen molar-refractivity contribution in [1.82, 2.24) is 0 Å². The van der Waals surface area contributed by atoms with E-state index in [2.05, 4.69) is 0 Å². The van der Waals surface area contributed by atoms with Crippen LogP contribution in [0.5, 0.6) is 0 Å². The van der Waals surface area contributed by atoms with E-state index >= 15 is 0 Å². The van der Waals surface area contributed by atoms with E-state index < -0.39 is 22.1 Å². The average molecular weight is 416 g/mol. The minimum absolute atomic E-state index is 0.262. The molecule has 0 unspecified atom stereocenters. The van der Waals surface area contributed by atoms with Crippen molar-refractivity contribution in [2.24, 2.45) is 0 Å². The summed E-state index contributed by atoms with van der Waals surface area (Å²) in [6.07, 6.45) is 2.50. The lowest BCUT2D eigenvalue weighted by molar-refractivity contribution is 0.0318. The van der Waals surface area contributed by atoms with Gasteiger partial charge in [0.15, 0.2) is 6.10 Å². The highest BCUT2D eigenvalue weighted by Gasteiger charge is 2.26. The molecule has 6 nitrogen and oxygen atoms in total. The van der Waals surface area contributed by atoms with E-state index in [4.69, 9.17) is 4.74 Å². The summed E-state index contributed by atoms with van der Waals surface area (Å²) >= 11 is 0. The van der Waals surface area contributed by atoms with Crippen LogP contribution >= 0.6 is 0 Å². The monoisotopic (exact) mass is 415 g/mol. The van der Waals surface area contributed by atoms with Crippen LogP contribution in [0, 0.1) is 0 Å². The fraction of sp³-hybridized carbons (Fsp3) is 0.364. The summed E-state index contributed by atoms with van der Waals surface area (Å²) in [4.78, 5) is 25.1. The molecule has 0 N–H and O–H groups in total. The Morgan fingerprint density at radius 3 is 2.38 bits per heavy atom. The number of benzene rings is 2. The number of rotatable bonds is 6. The maximum absolute atomic E-state index is 12.5. The lowest BCUT2D eigenvalue weighted by Crippen LogP contribution is -2.34. The highest BCUT2D eigenvalue weighted by Crippen LogP contribution is 2.30. The Kier molecular flexibility index (Phi) is 6.07. The molecule has 0 aromatic heterocycles. The van der Waals surface area contributed by atoms with Crippen molar-refractivity contribution in [3.05, 3.63) is 64.7 Å². The summed E-state index contributed by atoms with van der Waals surface area (Å²) in [6, 6.07) is 12.1. The zero-order valence-corrected chi connectivity index (χ0v) is 17.7. The maximum Gasteiger partial charge on any atom is 0.338 e. The molecule has 0 aliphatic carbocycles. The van der Waals surface area contributed by atoms with Gasteiger partial charge in [-0.15, -0.1) is 0 Å². The van der Waals surface area contributed by atoms with Gasteiger partial charge in [-0.2, -0.15) is 0 Å². The molecule has 0 spiro atoms. The van der Waals surface area contributed by atoms with E-state index in [9.17, 15) is 18.0 Å². The van der Waals surface area contributed by atoms with Gasteiger partial charge in [0, 0.05) is 12.1 Å². The first-order chi connectivity index (χ1) is 13.7. The van der Waals surface area contributed by atoms with Gasteiger partial charge >= 0.3 is 5.97 Å². The number of anilines is 1. The van der Waals surface area contributed by atoms with Gasteiger partial charge in [-0.05, 0) is 55.5 Å². The number of sulfonamides is 1. The molecule has 0 fully saturated rings. The summed E-state index contributed by atoms with van der Waals surface area (Å²) in [5.74, 6) is -0.863. The molecule has 7 heteroatoms. The van der Waals surface area contributed by atoms with Crippen LogP contribution in [-0.4, -0.2) is 39.1 Å². The molecule has 2 aromatic carbocycles. The number of esters is 1. The van der Waals surface area contributed by atoms with E-state index in [0.29, 0.717) is 36.2 Å². The van der Waals surface area contributed by atoms with Gasteiger partial charge in [0.05, 0.1) is 17.5 Å². The van der Waals surface area contributed by atoms with Crippen LogP contribution in [0.4, 0.5) is 5.69 Å². The van der Waals surface area contributed by atoms with Crippen molar-refractivity contribution >= 4 is 27.5 Å². The molecule has 2 aromatic rings. The summed E-state index contributed by atoms with van der Waals surface area (Å²) in [6.45, 7) is 4.02. The van der Waals surface area contributed by atoms with Gasteiger partial charge in [-0.25, -0.2) is 13.2 Å². The topological polar surface area (TPSA) is 80.8 Å². The van der Waals surface area contributed by atoms with Gasteiger partial charge in [-0.1, -0.05) is 31.2 Å². The molecule has 1 aliphatic rings. The molecule has 29 heavy (non-hydrogen) atoms. The van der Waals surface area contributed by atoms with E-state index in [1.54, 1.807) is 31.2 Å². The minimum atomic E-state index is -3.37. The molecule has 0 saturated heterocycles. The molecule has 0 saturated carbocycles. The van der Waals surface area contributed by atoms with Crippen molar-refractivity contribution in [2.45, 2.75) is 39.2 Å². The summed E-state index contributed by atoms with van der Waals surface area (Å²) < 4.78 is 30.6. The van der Waals surface area contributed by atoms with Crippen LogP contribution in [-0.2, 0) is 27.6 Å². The third-order valence-electron chi connectivity index (χ3n) is 5.09. The smallest absolute Gasteiger partial charge is 0.338 e. The normalized spacial score (nSPS) is 14.8. The largest absolute Gasteiger partial charge is 0.451 e. The Morgan fingerprint density at radius 1 is 1.10 bits per heavy atom. The van der Waals surface area contributed by atoms with E-state index in [0.717, 1.165) is 17.5 Å². The second-order valence-electron chi connectivity index (χ2n) is 7.24. The predicted octanol–water partition coefficient (Wildman–Crippen LogP) is 3.39.